The Morgan fingerprint density at radius 2 is 1.85 bits per heavy atom. The number of halogens is 5. The molecule has 0 aliphatic carbocycles. The van der Waals surface area contributed by atoms with Crippen molar-refractivity contribution in [2.75, 3.05) is 32.1 Å². The molecule has 1 amide bonds. The molecule has 11 heteroatoms. The average Bonchev–Trinajstić information content (AvgIpc) is 3.44. The number of ether oxygens (including phenoxy) is 1. The lowest BCUT2D eigenvalue weighted by Gasteiger charge is -2.31. The number of amides is 1. The quantitative estimate of drug-likeness (QED) is 0.576. The van der Waals surface area contributed by atoms with Gasteiger partial charge in [-0.25, -0.2) is 4.68 Å². The van der Waals surface area contributed by atoms with Crippen molar-refractivity contribution in [2.45, 2.75) is 38.9 Å². The van der Waals surface area contributed by atoms with E-state index in [1.165, 1.54) is 4.68 Å². The number of nitrogens with zero attached hydrogens (tertiary/aromatic N) is 3. The molecule has 1 unspecified atom stereocenters. The van der Waals surface area contributed by atoms with Gasteiger partial charge in [0.05, 0.1) is 15.6 Å². The zero-order chi connectivity index (χ0) is 24.3. The number of hydrogen-bond acceptors (Lipinski definition) is 4. The molecule has 1 fully saturated rings. The first-order valence-corrected chi connectivity index (χ1v) is 11.2. The van der Waals surface area contributed by atoms with Crippen molar-refractivity contribution in [1.29, 1.82) is 0 Å². The third-order valence-corrected chi connectivity index (χ3v) is 6.17. The summed E-state index contributed by atoms with van der Waals surface area (Å²) in [5.41, 5.74) is 0.322. The van der Waals surface area contributed by atoms with E-state index in [2.05, 4.69) is 15.2 Å². The van der Waals surface area contributed by atoms with Crippen LogP contribution in [0.4, 0.5) is 19.0 Å². The third kappa shape index (κ3) is 5.47. The Morgan fingerprint density at radius 3 is 2.39 bits per heavy atom. The minimum absolute atomic E-state index is 0.156. The molecule has 0 saturated carbocycles. The Balaban J connectivity index is 0.000000709. The van der Waals surface area contributed by atoms with E-state index < -0.39 is 17.9 Å². The number of likely N-dealkylation sites (tertiary alicyclic amines) is 1. The Labute approximate surface area is 200 Å². The fourth-order valence-corrected chi connectivity index (χ4v) is 4.07. The standard InChI is InChI=1S/C19H17Cl2F3N4O.C3H8O/c1-10-16(18(29)27-6-2-3-7-27)17(11-4-5-12(20)13(21)8-11)28-15(25-10)9-14(26-28)19(22,23)24;1-3-4-2/h4-5,8-9,17,25H,2-3,6-7H2,1H3;3H2,1-2H3. The van der Waals surface area contributed by atoms with E-state index in [4.69, 9.17) is 23.2 Å². The number of carbonyl (C=O) groups is 1. The van der Waals surface area contributed by atoms with E-state index in [-0.39, 0.29) is 16.7 Å². The Morgan fingerprint density at radius 1 is 1.21 bits per heavy atom. The van der Waals surface area contributed by atoms with Gasteiger partial charge in [0.1, 0.15) is 11.9 Å². The van der Waals surface area contributed by atoms with Gasteiger partial charge in [-0.3, -0.25) is 4.79 Å². The molecular weight excluding hydrogens is 480 g/mol. The lowest BCUT2D eigenvalue weighted by molar-refractivity contribution is -0.141. The van der Waals surface area contributed by atoms with Gasteiger partial charge in [0, 0.05) is 38.6 Å². The minimum Gasteiger partial charge on any atom is -0.385 e. The van der Waals surface area contributed by atoms with Gasteiger partial charge in [0.15, 0.2) is 5.69 Å². The highest BCUT2D eigenvalue weighted by atomic mass is 35.5. The molecule has 2 aliphatic heterocycles. The summed E-state index contributed by atoms with van der Waals surface area (Å²) in [4.78, 5) is 15.0. The van der Waals surface area contributed by atoms with Crippen LogP contribution < -0.4 is 5.32 Å². The first-order valence-electron chi connectivity index (χ1n) is 10.5. The molecule has 4 rings (SSSR count). The van der Waals surface area contributed by atoms with Crippen molar-refractivity contribution >= 4 is 34.9 Å². The summed E-state index contributed by atoms with van der Waals surface area (Å²) in [7, 11) is 1.68. The topological polar surface area (TPSA) is 59.4 Å². The van der Waals surface area contributed by atoms with Gasteiger partial charge < -0.3 is 15.0 Å². The first-order chi connectivity index (χ1) is 15.6. The van der Waals surface area contributed by atoms with Crippen LogP contribution in [-0.4, -0.2) is 47.4 Å². The van der Waals surface area contributed by atoms with Gasteiger partial charge in [0.25, 0.3) is 5.91 Å². The second-order valence-corrected chi connectivity index (χ2v) is 8.49. The molecule has 0 bridgehead atoms. The molecule has 0 spiro atoms. The van der Waals surface area contributed by atoms with Gasteiger partial charge in [-0.2, -0.15) is 18.3 Å². The zero-order valence-electron chi connectivity index (χ0n) is 18.5. The van der Waals surface area contributed by atoms with Crippen LogP contribution in [0.2, 0.25) is 10.0 Å². The number of carbonyl (C=O) groups excluding carboxylic acids is 1. The van der Waals surface area contributed by atoms with Crippen LogP contribution in [0.5, 0.6) is 0 Å². The number of rotatable bonds is 3. The SMILES string of the molecule is CC1=C(C(=O)N2CCCC2)C(c2ccc(Cl)c(Cl)c2)n2nc(C(F)(F)F)cc2N1.CCOC. The van der Waals surface area contributed by atoms with Crippen molar-refractivity contribution < 1.29 is 22.7 Å². The largest absolute Gasteiger partial charge is 0.435 e. The summed E-state index contributed by atoms with van der Waals surface area (Å²) in [6, 6.07) is 4.84. The molecule has 0 radical (unpaired) electrons. The number of methoxy groups -OCH3 is 1. The lowest BCUT2D eigenvalue weighted by atomic mass is 9.94. The normalized spacial score (nSPS) is 17.9. The highest BCUT2D eigenvalue weighted by Crippen LogP contribution is 2.41. The van der Waals surface area contributed by atoms with Crippen LogP contribution in [0.15, 0.2) is 35.5 Å². The molecule has 3 heterocycles. The second-order valence-electron chi connectivity index (χ2n) is 7.67. The van der Waals surface area contributed by atoms with Crippen molar-refractivity contribution in [1.82, 2.24) is 14.7 Å². The molecule has 2 aromatic rings. The molecule has 1 saturated heterocycles. The maximum atomic E-state index is 13.3. The van der Waals surface area contributed by atoms with Crippen molar-refractivity contribution in [3.05, 3.63) is 56.8 Å². The van der Waals surface area contributed by atoms with E-state index in [9.17, 15) is 18.0 Å². The molecule has 1 N–H and O–H groups in total. The maximum absolute atomic E-state index is 13.3. The number of anilines is 1. The Hall–Kier alpha value is -2.23. The van der Waals surface area contributed by atoms with E-state index in [0.717, 1.165) is 25.5 Å². The molecule has 1 atom stereocenters. The molecule has 6 nitrogen and oxygen atoms in total. The Kier molecular flexibility index (Phi) is 7.97. The van der Waals surface area contributed by atoms with Crippen LogP contribution in [0, 0.1) is 0 Å². The predicted octanol–water partition coefficient (Wildman–Crippen LogP) is 5.77. The monoisotopic (exact) mass is 504 g/mol. The summed E-state index contributed by atoms with van der Waals surface area (Å²) in [6.45, 7) is 5.69. The molecule has 1 aromatic heterocycles. The van der Waals surface area contributed by atoms with E-state index in [1.807, 2.05) is 6.92 Å². The zero-order valence-corrected chi connectivity index (χ0v) is 20.0. The third-order valence-electron chi connectivity index (χ3n) is 5.44. The van der Waals surface area contributed by atoms with E-state index >= 15 is 0 Å². The summed E-state index contributed by atoms with van der Waals surface area (Å²) in [6.07, 6.45) is -2.82. The summed E-state index contributed by atoms with van der Waals surface area (Å²) in [5.74, 6) is -0.0675. The number of allylic oxidation sites excluding steroid dienone is 1. The lowest BCUT2D eigenvalue weighted by Crippen LogP contribution is -2.36. The number of hydrogen-bond donors (Lipinski definition) is 1. The number of benzene rings is 1. The van der Waals surface area contributed by atoms with E-state index in [0.29, 0.717) is 34.9 Å². The van der Waals surface area contributed by atoms with Gasteiger partial charge >= 0.3 is 6.18 Å². The van der Waals surface area contributed by atoms with Crippen molar-refractivity contribution in [3.63, 3.8) is 0 Å². The van der Waals surface area contributed by atoms with Crippen molar-refractivity contribution in [3.8, 4) is 0 Å². The average molecular weight is 505 g/mol. The molecule has 33 heavy (non-hydrogen) atoms. The minimum atomic E-state index is -4.61. The van der Waals surface area contributed by atoms with Crippen LogP contribution >= 0.6 is 23.2 Å². The van der Waals surface area contributed by atoms with Crippen LogP contribution in [0.3, 0.4) is 0 Å². The van der Waals surface area contributed by atoms with E-state index in [1.54, 1.807) is 37.1 Å². The van der Waals surface area contributed by atoms with Crippen LogP contribution in [-0.2, 0) is 15.7 Å². The summed E-state index contributed by atoms with van der Waals surface area (Å²) >= 11 is 12.2. The molecule has 2 aliphatic rings. The Bertz CT molecular complexity index is 1040. The summed E-state index contributed by atoms with van der Waals surface area (Å²) in [5, 5.41) is 7.24. The molecule has 180 valence electrons. The number of aromatic nitrogens is 2. The molecular formula is C22H25Cl2F3N4O2. The second kappa shape index (κ2) is 10.4. The fraction of sp³-hybridized carbons (Fsp3) is 0.455. The van der Waals surface area contributed by atoms with Gasteiger partial charge in [-0.15, -0.1) is 0 Å². The van der Waals surface area contributed by atoms with Gasteiger partial charge in [-0.05, 0) is 44.4 Å². The number of nitrogens with one attached hydrogen (secondary N) is 1. The highest BCUT2D eigenvalue weighted by Gasteiger charge is 2.40. The van der Waals surface area contributed by atoms with Crippen molar-refractivity contribution in [2.24, 2.45) is 0 Å². The van der Waals surface area contributed by atoms with Gasteiger partial charge in [-0.1, -0.05) is 29.3 Å². The molecule has 1 aromatic carbocycles. The first kappa shape index (κ1) is 25.4. The predicted molar refractivity (Wildman–Crippen MR) is 122 cm³/mol. The van der Waals surface area contributed by atoms with Crippen LogP contribution in [0.25, 0.3) is 0 Å². The van der Waals surface area contributed by atoms with Crippen LogP contribution in [0.1, 0.15) is 44.0 Å². The van der Waals surface area contributed by atoms with Gasteiger partial charge in [0.2, 0.25) is 0 Å². The summed E-state index contributed by atoms with van der Waals surface area (Å²) < 4.78 is 45.6. The maximum Gasteiger partial charge on any atom is 0.435 e. The smallest absolute Gasteiger partial charge is 0.385 e. The number of fused-ring (bicyclic) bond motifs is 1. The number of alkyl halides is 3. The highest BCUT2D eigenvalue weighted by molar-refractivity contribution is 6.42. The fourth-order valence-electron chi connectivity index (χ4n) is 3.77.